The SMILES string of the molecule is O=c1[nH]nc(CSc2ncc[nH]2)s1. The van der Waals surface area contributed by atoms with Crippen LogP contribution in [0, 0.1) is 0 Å². The molecular formula is C6H6N4OS2. The summed E-state index contributed by atoms with van der Waals surface area (Å²) in [5.74, 6) is 0.664. The highest BCUT2D eigenvalue weighted by Gasteiger charge is 2.01. The van der Waals surface area contributed by atoms with Crippen LogP contribution in [0.2, 0.25) is 0 Å². The van der Waals surface area contributed by atoms with Crippen LogP contribution in [-0.2, 0) is 5.75 Å². The zero-order valence-electron chi connectivity index (χ0n) is 6.48. The van der Waals surface area contributed by atoms with Gasteiger partial charge < -0.3 is 4.98 Å². The molecule has 0 aliphatic carbocycles. The van der Waals surface area contributed by atoms with Crippen LogP contribution >= 0.6 is 23.1 Å². The van der Waals surface area contributed by atoms with Crippen LogP contribution in [0.15, 0.2) is 22.3 Å². The number of H-pyrrole nitrogens is 2. The summed E-state index contributed by atoms with van der Waals surface area (Å²) in [7, 11) is 0. The van der Waals surface area contributed by atoms with Crippen molar-refractivity contribution in [2.45, 2.75) is 10.9 Å². The van der Waals surface area contributed by atoms with E-state index in [2.05, 4.69) is 20.2 Å². The Morgan fingerprint density at radius 3 is 3.15 bits per heavy atom. The zero-order chi connectivity index (χ0) is 9.10. The van der Waals surface area contributed by atoms with E-state index in [1.165, 1.54) is 11.8 Å². The van der Waals surface area contributed by atoms with E-state index in [0.717, 1.165) is 21.5 Å². The van der Waals surface area contributed by atoms with E-state index < -0.39 is 0 Å². The lowest BCUT2D eigenvalue weighted by atomic mass is 10.9. The van der Waals surface area contributed by atoms with E-state index in [4.69, 9.17) is 0 Å². The molecule has 2 N–H and O–H groups in total. The van der Waals surface area contributed by atoms with Gasteiger partial charge in [0.25, 0.3) is 0 Å². The first-order valence-electron chi connectivity index (χ1n) is 3.51. The van der Waals surface area contributed by atoms with Gasteiger partial charge in [0.15, 0.2) is 5.16 Å². The Hall–Kier alpha value is -1.08. The van der Waals surface area contributed by atoms with E-state index in [1.54, 1.807) is 12.4 Å². The molecule has 0 amide bonds. The first-order chi connectivity index (χ1) is 6.34. The summed E-state index contributed by atoms with van der Waals surface area (Å²) in [4.78, 5) is 17.6. The average Bonchev–Trinajstić information content (AvgIpc) is 2.71. The highest BCUT2D eigenvalue weighted by Crippen LogP contribution is 2.17. The number of rotatable bonds is 3. The van der Waals surface area contributed by atoms with Gasteiger partial charge in [-0.3, -0.25) is 4.79 Å². The van der Waals surface area contributed by atoms with Crippen LogP contribution < -0.4 is 4.87 Å². The monoisotopic (exact) mass is 214 g/mol. The van der Waals surface area contributed by atoms with Crippen molar-refractivity contribution in [1.29, 1.82) is 0 Å². The summed E-state index contributed by atoms with van der Waals surface area (Å²) in [6.45, 7) is 0. The maximum atomic E-state index is 10.7. The van der Waals surface area contributed by atoms with Gasteiger partial charge in [-0.15, -0.1) is 0 Å². The Morgan fingerprint density at radius 1 is 1.62 bits per heavy atom. The van der Waals surface area contributed by atoms with Crippen molar-refractivity contribution in [3.63, 3.8) is 0 Å². The number of imidazole rings is 1. The molecule has 0 aliphatic rings. The second-order valence-electron chi connectivity index (χ2n) is 2.19. The summed E-state index contributed by atoms with van der Waals surface area (Å²) in [5, 5.41) is 7.82. The smallest absolute Gasteiger partial charge is 0.322 e. The van der Waals surface area contributed by atoms with Crippen LogP contribution in [0.3, 0.4) is 0 Å². The van der Waals surface area contributed by atoms with Crippen molar-refractivity contribution in [1.82, 2.24) is 20.2 Å². The largest absolute Gasteiger partial charge is 0.340 e. The van der Waals surface area contributed by atoms with Crippen LogP contribution in [-0.4, -0.2) is 20.2 Å². The molecule has 2 aromatic heterocycles. The van der Waals surface area contributed by atoms with Crippen molar-refractivity contribution in [3.8, 4) is 0 Å². The molecule has 5 nitrogen and oxygen atoms in total. The third-order valence-corrected chi connectivity index (χ3v) is 3.13. The molecule has 0 bridgehead atoms. The molecule has 13 heavy (non-hydrogen) atoms. The van der Waals surface area contributed by atoms with Gasteiger partial charge in [0.05, 0.1) is 5.75 Å². The fourth-order valence-corrected chi connectivity index (χ4v) is 2.20. The normalized spacial score (nSPS) is 10.5. The minimum atomic E-state index is -0.116. The fourth-order valence-electron chi connectivity index (χ4n) is 0.782. The van der Waals surface area contributed by atoms with Crippen molar-refractivity contribution in [2.75, 3.05) is 0 Å². The molecule has 0 radical (unpaired) electrons. The Morgan fingerprint density at radius 2 is 2.54 bits per heavy atom. The second kappa shape index (κ2) is 3.75. The lowest BCUT2D eigenvalue weighted by molar-refractivity contribution is 1.01. The molecule has 2 heterocycles. The number of hydrogen-bond donors (Lipinski definition) is 2. The van der Waals surface area contributed by atoms with E-state index in [0.29, 0.717) is 5.75 Å². The van der Waals surface area contributed by atoms with E-state index in [9.17, 15) is 4.79 Å². The number of aromatic amines is 2. The van der Waals surface area contributed by atoms with Crippen molar-refractivity contribution in [2.24, 2.45) is 0 Å². The summed E-state index contributed by atoms with van der Waals surface area (Å²) in [6, 6.07) is 0. The Balaban J connectivity index is 1.97. The second-order valence-corrected chi connectivity index (χ2v) is 4.20. The first kappa shape index (κ1) is 8.52. The summed E-state index contributed by atoms with van der Waals surface area (Å²) >= 11 is 2.64. The third kappa shape index (κ3) is 2.19. The third-order valence-electron chi connectivity index (χ3n) is 1.29. The summed E-state index contributed by atoms with van der Waals surface area (Å²) < 4.78 is 0. The highest BCUT2D eigenvalue weighted by molar-refractivity contribution is 7.98. The molecule has 68 valence electrons. The van der Waals surface area contributed by atoms with Gasteiger partial charge in [-0.1, -0.05) is 23.1 Å². The van der Waals surface area contributed by atoms with Crippen molar-refractivity contribution < 1.29 is 0 Å². The first-order valence-corrected chi connectivity index (χ1v) is 5.31. The average molecular weight is 214 g/mol. The molecule has 0 unspecified atom stereocenters. The maximum Gasteiger partial charge on any atom is 0.322 e. The van der Waals surface area contributed by atoms with Gasteiger partial charge in [-0.2, -0.15) is 5.10 Å². The zero-order valence-corrected chi connectivity index (χ0v) is 8.11. The molecule has 0 aliphatic heterocycles. The standard InChI is InChI=1S/C6H6N4OS2/c11-6-10-9-4(13-6)3-12-5-7-1-2-8-5/h1-2H,3H2,(H,7,8)(H,10,11). The van der Waals surface area contributed by atoms with Gasteiger partial charge in [0, 0.05) is 12.4 Å². The lowest BCUT2D eigenvalue weighted by Crippen LogP contribution is -1.90. The van der Waals surface area contributed by atoms with Crippen LogP contribution in [0.25, 0.3) is 0 Å². The molecule has 0 saturated carbocycles. The topological polar surface area (TPSA) is 74.4 Å². The number of thioether (sulfide) groups is 1. The van der Waals surface area contributed by atoms with E-state index in [1.807, 2.05) is 0 Å². The Bertz CT molecular complexity index is 418. The van der Waals surface area contributed by atoms with E-state index in [-0.39, 0.29) is 4.87 Å². The highest BCUT2D eigenvalue weighted by atomic mass is 32.2. The number of aromatic nitrogens is 4. The molecule has 2 rings (SSSR count). The van der Waals surface area contributed by atoms with E-state index >= 15 is 0 Å². The van der Waals surface area contributed by atoms with Crippen LogP contribution in [0.4, 0.5) is 0 Å². The van der Waals surface area contributed by atoms with Gasteiger partial charge in [0.2, 0.25) is 0 Å². The van der Waals surface area contributed by atoms with Crippen LogP contribution in [0.1, 0.15) is 5.01 Å². The van der Waals surface area contributed by atoms with Crippen LogP contribution in [0.5, 0.6) is 0 Å². The van der Waals surface area contributed by atoms with Crippen molar-refractivity contribution in [3.05, 3.63) is 27.1 Å². The molecule has 7 heteroatoms. The molecule has 0 fully saturated rings. The van der Waals surface area contributed by atoms with Gasteiger partial charge in [-0.05, 0) is 0 Å². The summed E-state index contributed by atoms with van der Waals surface area (Å²) in [6.07, 6.45) is 3.45. The number of nitrogens with zero attached hydrogens (tertiary/aromatic N) is 2. The number of nitrogens with one attached hydrogen (secondary N) is 2. The van der Waals surface area contributed by atoms with Gasteiger partial charge in [-0.25, -0.2) is 10.1 Å². The molecule has 2 aromatic rings. The lowest BCUT2D eigenvalue weighted by Gasteiger charge is -1.90. The maximum absolute atomic E-state index is 10.7. The Kier molecular flexibility index (Phi) is 2.46. The minimum absolute atomic E-state index is 0.116. The molecular weight excluding hydrogens is 208 g/mol. The van der Waals surface area contributed by atoms with Gasteiger partial charge >= 0.3 is 4.87 Å². The number of hydrogen-bond acceptors (Lipinski definition) is 5. The van der Waals surface area contributed by atoms with Crippen molar-refractivity contribution >= 4 is 23.1 Å². The quantitative estimate of drug-likeness (QED) is 0.743. The van der Waals surface area contributed by atoms with Gasteiger partial charge in [0.1, 0.15) is 5.01 Å². The fraction of sp³-hybridized carbons (Fsp3) is 0.167. The molecule has 0 atom stereocenters. The predicted octanol–water partition coefficient (Wildman–Crippen LogP) is 0.847. The molecule has 0 aromatic carbocycles. The molecule has 0 saturated heterocycles. The Labute approximate surface area is 81.6 Å². The minimum Gasteiger partial charge on any atom is -0.340 e. The summed E-state index contributed by atoms with van der Waals surface area (Å²) in [5.41, 5.74) is 0. The molecule has 0 spiro atoms. The predicted molar refractivity (Wildman–Crippen MR) is 50.9 cm³/mol.